The molecule has 0 aromatic heterocycles. The van der Waals surface area contributed by atoms with Crippen LogP contribution < -0.4 is 5.32 Å². The van der Waals surface area contributed by atoms with E-state index in [1.54, 1.807) is 4.90 Å². The van der Waals surface area contributed by atoms with Crippen LogP contribution in [-0.2, 0) is 0 Å². The molecule has 7 heteroatoms. The molecular formula is C13H16FN3O3. The van der Waals surface area contributed by atoms with Gasteiger partial charge in [-0.05, 0) is 26.0 Å². The van der Waals surface area contributed by atoms with Gasteiger partial charge in [0.05, 0.1) is 11.0 Å². The van der Waals surface area contributed by atoms with E-state index in [2.05, 4.69) is 5.32 Å². The van der Waals surface area contributed by atoms with Crippen LogP contribution in [0.5, 0.6) is 0 Å². The molecule has 1 aromatic rings. The third kappa shape index (κ3) is 2.93. The summed E-state index contributed by atoms with van der Waals surface area (Å²) in [5.41, 5.74) is -0.816. The molecule has 1 amide bonds. The van der Waals surface area contributed by atoms with Gasteiger partial charge < -0.3 is 10.2 Å². The summed E-state index contributed by atoms with van der Waals surface area (Å²) in [7, 11) is 0. The Bertz CT molecular complexity index is 560. The molecule has 20 heavy (non-hydrogen) atoms. The van der Waals surface area contributed by atoms with Gasteiger partial charge in [-0.25, -0.2) is 4.39 Å². The van der Waals surface area contributed by atoms with Crippen molar-refractivity contribution in [3.8, 4) is 0 Å². The summed E-state index contributed by atoms with van der Waals surface area (Å²) in [5.74, 6) is -1.17. The van der Waals surface area contributed by atoms with Crippen molar-refractivity contribution >= 4 is 11.6 Å². The molecule has 1 fully saturated rings. The van der Waals surface area contributed by atoms with E-state index in [4.69, 9.17) is 0 Å². The van der Waals surface area contributed by atoms with Crippen LogP contribution in [0.15, 0.2) is 18.2 Å². The molecule has 6 nitrogen and oxygen atoms in total. The van der Waals surface area contributed by atoms with Gasteiger partial charge in [0.2, 0.25) is 0 Å². The molecule has 0 aliphatic carbocycles. The number of carbonyl (C=O) groups excluding carboxylic acids is 1. The summed E-state index contributed by atoms with van der Waals surface area (Å²) >= 11 is 0. The molecule has 1 heterocycles. The Morgan fingerprint density at radius 3 is 2.80 bits per heavy atom. The lowest BCUT2D eigenvalue weighted by atomic mass is 10.0. The smallest absolute Gasteiger partial charge is 0.285 e. The van der Waals surface area contributed by atoms with Crippen molar-refractivity contribution in [3.63, 3.8) is 0 Å². The van der Waals surface area contributed by atoms with Crippen LogP contribution in [0.1, 0.15) is 24.2 Å². The number of carbonyl (C=O) groups is 1. The highest BCUT2D eigenvalue weighted by atomic mass is 19.1. The summed E-state index contributed by atoms with van der Waals surface area (Å²) in [4.78, 5) is 24.2. The number of hydrogen-bond donors (Lipinski definition) is 1. The molecule has 0 saturated carbocycles. The van der Waals surface area contributed by atoms with E-state index in [1.165, 1.54) is 6.07 Å². The number of nitro benzene ring substituents is 1. The predicted molar refractivity (Wildman–Crippen MR) is 71.0 cm³/mol. The number of hydrogen-bond acceptors (Lipinski definition) is 4. The van der Waals surface area contributed by atoms with Crippen molar-refractivity contribution < 1.29 is 14.1 Å². The third-order valence-corrected chi connectivity index (χ3v) is 3.25. The van der Waals surface area contributed by atoms with Gasteiger partial charge in [-0.3, -0.25) is 14.9 Å². The fraction of sp³-hybridized carbons (Fsp3) is 0.462. The minimum atomic E-state index is -0.732. The van der Waals surface area contributed by atoms with Gasteiger partial charge >= 0.3 is 0 Å². The van der Waals surface area contributed by atoms with Crippen molar-refractivity contribution in [1.82, 2.24) is 10.2 Å². The fourth-order valence-electron chi connectivity index (χ4n) is 2.32. The maximum atomic E-state index is 13.1. The van der Waals surface area contributed by atoms with Gasteiger partial charge in [-0.1, -0.05) is 0 Å². The lowest BCUT2D eigenvalue weighted by Gasteiger charge is -2.39. The topological polar surface area (TPSA) is 75.5 Å². The van der Waals surface area contributed by atoms with Crippen molar-refractivity contribution in [3.05, 3.63) is 39.7 Å². The highest BCUT2D eigenvalue weighted by molar-refractivity contribution is 5.98. The van der Waals surface area contributed by atoms with E-state index in [1.807, 2.05) is 13.8 Å². The van der Waals surface area contributed by atoms with E-state index in [-0.39, 0.29) is 11.1 Å². The van der Waals surface area contributed by atoms with Crippen LogP contribution in [0.2, 0.25) is 0 Å². The molecule has 2 rings (SSSR count). The zero-order valence-corrected chi connectivity index (χ0v) is 11.4. The fourth-order valence-corrected chi connectivity index (χ4v) is 2.32. The van der Waals surface area contributed by atoms with Gasteiger partial charge in [-0.2, -0.15) is 0 Å². The van der Waals surface area contributed by atoms with Crippen LogP contribution in [0.3, 0.4) is 0 Å². The first-order chi connectivity index (χ1) is 9.30. The first-order valence-corrected chi connectivity index (χ1v) is 6.28. The van der Waals surface area contributed by atoms with Gasteiger partial charge in [0, 0.05) is 25.2 Å². The van der Waals surface area contributed by atoms with E-state index < -0.39 is 22.3 Å². The number of nitrogens with one attached hydrogen (secondary N) is 1. The minimum absolute atomic E-state index is 0.0749. The first-order valence-electron chi connectivity index (χ1n) is 6.28. The Morgan fingerprint density at radius 2 is 2.20 bits per heavy atom. The van der Waals surface area contributed by atoms with Crippen LogP contribution >= 0.6 is 0 Å². The molecule has 0 bridgehead atoms. The predicted octanol–water partition coefficient (Wildman–Crippen LogP) is 1.56. The number of rotatable bonds is 2. The standard InChI is InChI=1S/C13H16FN3O3/c1-13(2)8-16(6-5-15-13)12(18)10-4-3-9(14)7-11(10)17(19)20/h3-4,7,15H,5-6,8H2,1-2H3. The summed E-state index contributed by atoms with van der Waals surface area (Å²) < 4.78 is 13.1. The lowest BCUT2D eigenvalue weighted by Crippen LogP contribution is -2.58. The molecule has 1 aliphatic rings. The Hall–Kier alpha value is -2.02. The van der Waals surface area contributed by atoms with Crippen molar-refractivity contribution in [2.75, 3.05) is 19.6 Å². The van der Waals surface area contributed by atoms with Crippen molar-refractivity contribution in [1.29, 1.82) is 0 Å². The van der Waals surface area contributed by atoms with E-state index in [9.17, 15) is 19.3 Å². The van der Waals surface area contributed by atoms with Crippen molar-refractivity contribution in [2.24, 2.45) is 0 Å². The number of benzene rings is 1. The molecule has 108 valence electrons. The van der Waals surface area contributed by atoms with Crippen LogP contribution in [0.4, 0.5) is 10.1 Å². The monoisotopic (exact) mass is 281 g/mol. The molecule has 0 spiro atoms. The number of amides is 1. The van der Waals surface area contributed by atoms with E-state index in [0.717, 1.165) is 12.1 Å². The molecule has 0 atom stereocenters. The summed E-state index contributed by atoms with van der Waals surface area (Å²) in [6, 6.07) is 3.01. The van der Waals surface area contributed by atoms with Crippen LogP contribution in [-0.4, -0.2) is 40.9 Å². The van der Waals surface area contributed by atoms with E-state index in [0.29, 0.717) is 19.6 Å². The maximum Gasteiger partial charge on any atom is 0.285 e. The summed E-state index contributed by atoms with van der Waals surface area (Å²) in [6.07, 6.45) is 0. The molecule has 1 saturated heterocycles. The van der Waals surface area contributed by atoms with Crippen molar-refractivity contribution in [2.45, 2.75) is 19.4 Å². The molecular weight excluding hydrogens is 265 g/mol. The largest absolute Gasteiger partial charge is 0.335 e. The second-order valence-electron chi connectivity index (χ2n) is 5.46. The van der Waals surface area contributed by atoms with Gasteiger partial charge in [0.15, 0.2) is 0 Å². The van der Waals surface area contributed by atoms with Gasteiger partial charge in [-0.15, -0.1) is 0 Å². The third-order valence-electron chi connectivity index (χ3n) is 3.25. The summed E-state index contributed by atoms with van der Waals surface area (Å²) in [6.45, 7) is 5.43. The van der Waals surface area contributed by atoms with Crippen LogP contribution in [0, 0.1) is 15.9 Å². The number of halogens is 1. The highest BCUT2D eigenvalue weighted by Crippen LogP contribution is 2.23. The minimum Gasteiger partial charge on any atom is -0.335 e. The number of nitro groups is 1. The zero-order chi connectivity index (χ0) is 14.9. The molecule has 0 radical (unpaired) electrons. The molecule has 0 unspecified atom stereocenters. The Labute approximate surface area is 115 Å². The average molecular weight is 281 g/mol. The quantitative estimate of drug-likeness (QED) is 0.659. The second kappa shape index (κ2) is 5.16. The highest BCUT2D eigenvalue weighted by Gasteiger charge is 2.32. The van der Waals surface area contributed by atoms with Gasteiger partial charge in [0.1, 0.15) is 11.4 Å². The zero-order valence-electron chi connectivity index (χ0n) is 11.4. The lowest BCUT2D eigenvalue weighted by molar-refractivity contribution is -0.385. The van der Waals surface area contributed by atoms with E-state index >= 15 is 0 Å². The van der Waals surface area contributed by atoms with Gasteiger partial charge in [0.25, 0.3) is 11.6 Å². The average Bonchev–Trinajstić information content (AvgIpc) is 2.36. The Kier molecular flexibility index (Phi) is 3.71. The normalized spacial score (nSPS) is 17.9. The Balaban J connectivity index is 2.31. The summed E-state index contributed by atoms with van der Waals surface area (Å²) in [5, 5.41) is 14.2. The molecule has 1 aromatic carbocycles. The Morgan fingerprint density at radius 1 is 1.50 bits per heavy atom. The molecule has 1 N–H and O–H groups in total. The second-order valence-corrected chi connectivity index (χ2v) is 5.46. The van der Waals surface area contributed by atoms with Crippen LogP contribution in [0.25, 0.3) is 0 Å². The SMILES string of the molecule is CC1(C)CN(C(=O)c2ccc(F)cc2[N+](=O)[O-])CCN1. The maximum absolute atomic E-state index is 13.1. The first kappa shape index (κ1) is 14.4. The number of nitrogens with zero attached hydrogens (tertiary/aromatic N) is 2. The molecule has 1 aliphatic heterocycles. The number of piperazine rings is 1.